The van der Waals surface area contributed by atoms with Crippen LogP contribution >= 0.6 is 12.2 Å². The van der Waals surface area contributed by atoms with Gasteiger partial charge in [0.1, 0.15) is 17.6 Å². The SMILES string of the molecule is S=C1N[C@@H](c2ccccn2)[C@@H](c2ccc(-c3ccccc3)o2)N1Cc1cccnc1. The first kappa shape index (κ1) is 18.5. The third-order valence-electron chi connectivity index (χ3n) is 5.25. The molecule has 0 radical (unpaired) electrons. The van der Waals surface area contributed by atoms with Gasteiger partial charge in [0.2, 0.25) is 0 Å². The lowest BCUT2D eigenvalue weighted by Gasteiger charge is -2.26. The lowest BCUT2D eigenvalue weighted by molar-refractivity contribution is 0.269. The molecule has 30 heavy (non-hydrogen) atoms. The van der Waals surface area contributed by atoms with Gasteiger partial charge in [0.25, 0.3) is 0 Å². The summed E-state index contributed by atoms with van der Waals surface area (Å²) in [5.41, 5.74) is 3.06. The first-order valence-electron chi connectivity index (χ1n) is 9.82. The molecule has 0 unspecified atom stereocenters. The van der Waals surface area contributed by atoms with Crippen LogP contribution in [0.5, 0.6) is 0 Å². The average molecular weight is 413 g/mol. The zero-order valence-electron chi connectivity index (χ0n) is 16.2. The van der Waals surface area contributed by atoms with Crippen LogP contribution in [0.2, 0.25) is 0 Å². The molecule has 0 bridgehead atoms. The average Bonchev–Trinajstić information content (AvgIpc) is 3.41. The van der Waals surface area contributed by atoms with Gasteiger partial charge in [-0.15, -0.1) is 0 Å². The van der Waals surface area contributed by atoms with Crippen molar-refractivity contribution in [1.29, 1.82) is 0 Å². The monoisotopic (exact) mass is 412 g/mol. The molecule has 1 aliphatic rings. The van der Waals surface area contributed by atoms with E-state index in [0.717, 1.165) is 28.3 Å². The van der Waals surface area contributed by atoms with Crippen molar-refractivity contribution in [2.45, 2.75) is 18.6 Å². The van der Waals surface area contributed by atoms with Crippen molar-refractivity contribution < 1.29 is 4.42 Å². The molecule has 4 heterocycles. The number of nitrogens with zero attached hydrogens (tertiary/aromatic N) is 3. The van der Waals surface area contributed by atoms with Crippen molar-refractivity contribution in [3.05, 3.63) is 108 Å². The highest BCUT2D eigenvalue weighted by Gasteiger charge is 2.41. The number of hydrogen-bond acceptors (Lipinski definition) is 4. The van der Waals surface area contributed by atoms with Crippen molar-refractivity contribution in [2.75, 3.05) is 0 Å². The highest BCUT2D eigenvalue weighted by molar-refractivity contribution is 7.80. The predicted molar refractivity (Wildman–Crippen MR) is 119 cm³/mol. The van der Waals surface area contributed by atoms with Crippen molar-refractivity contribution >= 4 is 17.3 Å². The van der Waals surface area contributed by atoms with Gasteiger partial charge in [-0.05, 0) is 48.1 Å². The molecule has 0 amide bonds. The molecule has 1 fully saturated rings. The topological polar surface area (TPSA) is 54.2 Å². The Morgan fingerprint density at radius 2 is 1.80 bits per heavy atom. The second-order valence-electron chi connectivity index (χ2n) is 7.18. The Bertz CT molecular complexity index is 1130. The van der Waals surface area contributed by atoms with Gasteiger partial charge in [-0.25, -0.2) is 0 Å². The summed E-state index contributed by atoms with van der Waals surface area (Å²) in [6, 6.07) is 23.9. The van der Waals surface area contributed by atoms with E-state index in [1.54, 1.807) is 12.4 Å². The van der Waals surface area contributed by atoms with E-state index in [1.807, 2.05) is 72.9 Å². The highest BCUT2D eigenvalue weighted by atomic mass is 32.1. The van der Waals surface area contributed by atoms with E-state index < -0.39 is 0 Å². The van der Waals surface area contributed by atoms with Crippen LogP contribution in [0.25, 0.3) is 11.3 Å². The second-order valence-corrected chi connectivity index (χ2v) is 7.57. The molecule has 5 nitrogen and oxygen atoms in total. The van der Waals surface area contributed by atoms with E-state index in [4.69, 9.17) is 16.6 Å². The van der Waals surface area contributed by atoms with Crippen molar-refractivity contribution in [3.8, 4) is 11.3 Å². The largest absolute Gasteiger partial charge is 0.459 e. The molecule has 5 rings (SSSR count). The van der Waals surface area contributed by atoms with Gasteiger partial charge < -0.3 is 14.6 Å². The summed E-state index contributed by atoms with van der Waals surface area (Å²) < 4.78 is 6.34. The number of hydrogen-bond donors (Lipinski definition) is 1. The Hall–Kier alpha value is -3.51. The lowest BCUT2D eigenvalue weighted by Crippen LogP contribution is -2.29. The molecular formula is C24H20N4OS. The first-order valence-corrected chi connectivity index (χ1v) is 10.2. The minimum Gasteiger partial charge on any atom is -0.459 e. The van der Waals surface area contributed by atoms with Gasteiger partial charge >= 0.3 is 0 Å². The van der Waals surface area contributed by atoms with Crippen molar-refractivity contribution in [3.63, 3.8) is 0 Å². The number of rotatable bonds is 5. The highest BCUT2D eigenvalue weighted by Crippen LogP contribution is 2.41. The van der Waals surface area contributed by atoms with Gasteiger partial charge in [0, 0.05) is 30.7 Å². The zero-order chi connectivity index (χ0) is 20.3. The summed E-state index contributed by atoms with van der Waals surface area (Å²) in [7, 11) is 0. The zero-order valence-corrected chi connectivity index (χ0v) is 17.0. The molecule has 1 saturated heterocycles. The van der Waals surface area contributed by atoms with Crippen molar-refractivity contribution in [1.82, 2.24) is 20.2 Å². The standard InChI is InChI=1S/C24H20N4OS/c30-24-27-22(19-10-4-5-14-26-19)23(28(24)16-17-7-6-13-25-15-17)21-12-11-20(29-21)18-8-2-1-3-9-18/h1-15,22-23H,16H2,(H,27,30)/t22-,23+/m0/s1. The Balaban J connectivity index is 1.54. The fourth-order valence-electron chi connectivity index (χ4n) is 3.84. The Labute approximate surface area is 180 Å². The summed E-state index contributed by atoms with van der Waals surface area (Å²) in [4.78, 5) is 11.0. The normalized spacial score (nSPS) is 18.4. The Morgan fingerprint density at radius 1 is 0.933 bits per heavy atom. The fourth-order valence-corrected chi connectivity index (χ4v) is 4.15. The first-order chi connectivity index (χ1) is 14.8. The van der Waals surface area contributed by atoms with Gasteiger partial charge in [0.15, 0.2) is 5.11 Å². The van der Waals surface area contributed by atoms with Crippen LogP contribution in [0.15, 0.2) is 95.8 Å². The van der Waals surface area contributed by atoms with Crippen molar-refractivity contribution in [2.24, 2.45) is 0 Å². The molecule has 1 N–H and O–H groups in total. The summed E-state index contributed by atoms with van der Waals surface area (Å²) in [5, 5.41) is 4.13. The van der Waals surface area contributed by atoms with E-state index in [0.29, 0.717) is 11.7 Å². The van der Waals surface area contributed by atoms with Crippen LogP contribution in [0.4, 0.5) is 0 Å². The molecule has 6 heteroatoms. The van der Waals surface area contributed by atoms with E-state index in [-0.39, 0.29) is 12.1 Å². The second kappa shape index (κ2) is 8.08. The number of thiocarbonyl (C=S) groups is 1. The Kier molecular flexibility index (Phi) is 4.99. The number of furan rings is 1. The number of nitrogens with one attached hydrogen (secondary N) is 1. The van der Waals surface area contributed by atoms with Crippen LogP contribution in [0.3, 0.4) is 0 Å². The molecule has 0 aliphatic carbocycles. The number of benzene rings is 1. The van der Waals surface area contributed by atoms with E-state index in [9.17, 15) is 0 Å². The maximum atomic E-state index is 6.34. The quantitative estimate of drug-likeness (QED) is 0.470. The molecule has 0 saturated carbocycles. The maximum absolute atomic E-state index is 6.34. The third-order valence-corrected chi connectivity index (χ3v) is 5.60. The minimum absolute atomic E-state index is 0.106. The third kappa shape index (κ3) is 3.57. The maximum Gasteiger partial charge on any atom is 0.170 e. The smallest absolute Gasteiger partial charge is 0.170 e. The van der Waals surface area contributed by atoms with Gasteiger partial charge in [-0.2, -0.15) is 0 Å². The summed E-state index contributed by atoms with van der Waals surface area (Å²) in [5.74, 6) is 1.69. The van der Waals surface area contributed by atoms with E-state index in [2.05, 4.69) is 26.3 Å². The van der Waals surface area contributed by atoms with Crippen LogP contribution in [-0.4, -0.2) is 20.0 Å². The molecule has 3 aromatic heterocycles. The predicted octanol–water partition coefficient (Wildman–Crippen LogP) is 4.91. The summed E-state index contributed by atoms with van der Waals surface area (Å²) in [6.45, 7) is 0.634. The molecule has 4 aromatic rings. The molecule has 1 aromatic carbocycles. The summed E-state index contributed by atoms with van der Waals surface area (Å²) in [6.07, 6.45) is 5.45. The van der Waals surface area contributed by atoms with Crippen LogP contribution in [0, 0.1) is 0 Å². The van der Waals surface area contributed by atoms with Gasteiger partial charge in [0.05, 0.1) is 11.7 Å². The lowest BCUT2D eigenvalue weighted by atomic mass is 10.0. The summed E-state index contributed by atoms with van der Waals surface area (Å²) >= 11 is 5.72. The van der Waals surface area contributed by atoms with Crippen LogP contribution in [0.1, 0.15) is 29.1 Å². The molecule has 148 valence electrons. The van der Waals surface area contributed by atoms with Gasteiger partial charge in [-0.1, -0.05) is 42.5 Å². The molecule has 2 atom stereocenters. The number of aromatic nitrogens is 2. The molecule has 1 aliphatic heterocycles. The van der Waals surface area contributed by atoms with E-state index >= 15 is 0 Å². The van der Waals surface area contributed by atoms with Crippen LogP contribution in [-0.2, 0) is 6.54 Å². The molecule has 0 spiro atoms. The van der Waals surface area contributed by atoms with Crippen LogP contribution < -0.4 is 5.32 Å². The fraction of sp³-hybridized carbons (Fsp3) is 0.125. The minimum atomic E-state index is -0.120. The Morgan fingerprint density at radius 3 is 2.57 bits per heavy atom. The van der Waals surface area contributed by atoms with Gasteiger partial charge in [-0.3, -0.25) is 9.97 Å². The van der Waals surface area contributed by atoms with E-state index in [1.165, 1.54) is 0 Å². The molecular weight excluding hydrogens is 392 g/mol. The number of pyridine rings is 2.